The Balaban J connectivity index is 1.80. The summed E-state index contributed by atoms with van der Waals surface area (Å²) in [6.07, 6.45) is 0. The zero-order chi connectivity index (χ0) is 19.2. The fourth-order valence-electron chi connectivity index (χ4n) is 2.33. The summed E-state index contributed by atoms with van der Waals surface area (Å²) in [5.41, 5.74) is 2.64. The molecule has 0 spiro atoms. The Labute approximate surface area is 154 Å². The molecule has 0 unspecified atom stereocenters. The van der Waals surface area contributed by atoms with Gasteiger partial charge in [-0.1, -0.05) is 51.1 Å². The van der Waals surface area contributed by atoms with Gasteiger partial charge in [0.05, 0.1) is 7.11 Å². The van der Waals surface area contributed by atoms with Crippen molar-refractivity contribution in [1.29, 1.82) is 0 Å². The maximum Gasteiger partial charge on any atom is 0.325 e. The first-order valence-corrected chi connectivity index (χ1v) is 8.47. The first-order chi connectivity index (χ1) is 12.3. The van der Waals surface area contributed by atoms with E-state index in [1.807, 2.05) is 24.3 Å². The molecule has 0 saturated heterocycles. The van der Waals surface area contributed by atoms with Crippen molar-refractivity contribution in [2.75, 3.05) is 13.7 Å². The highest BCUT2D eigenvalue weighted by molar-refractivity contribution is 5.96. The molecule has 2 aromatic carbocycles. The molecular weight excluding hydrogens is 330 g/mol. The molecule has 0 aromatic heterocycles. The van der Waals surface area contributed by atoms with Crippen molar-refractivity contribution in [3.05, 3.63) is 65.2 Å². The molecule has 0 saturated carbocycles. The molecule has 138 valence electrons. The van der Waals surface area contributed by atoms with E-state index in [-0.39, 0.29) is 24.5 Å². The molecule has 0 aliphatic heterocycles. The lowest BCUT2D eigenvalue weighted by Crippen LogP contribution is -2.30. The Kier molecular flexibility index (Phi) is 6.39. The second-order valence-electron chi connectivity index (χ2n) is 7.02. The third kappa shape index (κ3) is 5.62. The van der Waals surface area contributed by atoms with Gasteiger partial charge in [0, 0.05) is 5.56 Å². The number of hydrogen-bond donors (Lipinski definition) is 1. The van der Waals surface area contributed by atoms with Crippen molar-refractivity contribution >= 4 is 11.9 Å². The van der Waals surface area contributed by atoms with Crippen molar-refractivity contribution < 1.29 is 19.1 Å². The van der Waals surface area contributed by atoms with Gasteiger partial charge in [-0.25, -0.2) is 0 Å². The van der Waals surface area contributed by atoms with Crippen molar-refractivity contribution in [3.8, 4) is 5.75 Å². The Hall–Kier alpha value is -2.82. The van der Waals surface area contributed by atoms with Gasteiger partial charge in [-0.2, -0.15) is 0 Å². The number of carbonyl (C=O) groups is 2. The zero-order valence-corrected chi connectivity index (χ0v) is 15.7. The van der Waals surface area contributed by atoms with E-state index < -0.39 is 5.97 Å². The quantitative estimate of drug-likeness (QED) is 0.806. The summed E-state index contributed by atoms with van der Waals surface area (Å²) in [4.78, 5) is 23.9. The smallest absolute Gasteiger partial charge is 0.325 e. The number of benzene rings is 2. The molecule has 0 radical (unpaired) electrons. The molecule has 0 fully saturated rings. The second-order valence-corrected chi connectivity index (χ2v) is 7.02. The van der Waals surface area contributed by atoms with Crippen LogP contribution in [0, 0.1) is 0 Å². The molecule has 1 amide bonds. The molecule has 26 heavy (non-hydrogen) atoms. The number of nitrogens with one attached hydrogen (secondary N) is 1. The Morgan fingerprint density at radius 1 is 1.04 bits per heavy atom. The van der Waals surface area contributed by atoms with E-state index in [1.165, 1.54) is 12.7 Å². The molecule has 0 atom stereocenters. The number of ether oxygens (including phenoxy) is 2. The summed E-state index contributed by atoms with van der Waals surface area (Å²) in [7, 11) is 1.53. The van der Waals surface area contributed by atoms with E-state index in [1.54, 1.807) is 24.3 Å². The van der Waals surface area contributed by atoms with Crippen molar-refractivity contribution in [1.82, 2.24) is 5.32 Å². The van der Waals surface area contributed by atoms with Gasteiger partial charge in [-0.3, -0.25) is 9.59 Å². The Morgan fingerprint density at radius 2 is 1.73 bits per heavy atom. The minimum atomic E-state index is -0.485. The van der Waals surface area contributed by atoms with Crippen LogP contribution in [0.4, 0.5) is 0 Å². The van der Waals surface area contributed by atoms with Crippen LogP contribution in [0.1, 0.15) is 42.3 Å². The van der Waals surface area contributed by atoms with Crippen LogP contribution < -0.4 is 10.1 Å². The number of methoxy groups -OCH3 is 1. The summed E-state index contributed by atoms with van der Waals surface area (Å²) >= 11 is 0. The lowest BCUT2D eigenvalue weighted by Gasteiger charge is -2.19. The van der Waals surface area contributed by atoms with Crippen LogP contribution in [0.2, 0.25) is 0 Å². The maximum absolute atomic E-state index is 12.0. The van der Waals surface area contributed by atoms with Gasteiger partial charge >= 0.3 is 5.97 Å². The van der Waals surface area contributed by atoms with Crippen LogP contribution in [0.15, 0.2) is 48.5 Å². The minimum absolute atomic E-state index is 0.0829. The molecule has 0 aliphatic rings. The van der Waals surface area contributed by atoms with E-state index in [2.05, 4.69) is 26.1 Å². The third-order valence-corrected chi connectivity index (χ3v) is 3.94. The summed E-state index contributed by atoms with van der Waals surface area (Å²) < 4.78 is 10.3. The van der Waals surface area contributed by atoms with Crippen molar-refractivity contribution in [3.63, 3.8) is 0 Å². The van der Waals surface area contributed by atoms with E-state index in [0.717, 1.165) is 5.56 Å². The van der Waals surface area contributed by atoms with Gasteiger partial charge in [0.25, 0.3) is 5.91 Å². The first kappa shape index (κ1) is 19.5. The van der Waals surface area contributed by atoms with Crippen LogP contribution in [0.3, 0.4) is 0 Å². The van der Waals surface area contributed by atoms with Gasteiger partial charge in [-0.15, -0.1) is 0 Å². The number of rotatable bonds is 6. The van der Waals surface area contributed by atoms with Gasteiger partial charge in [0.2, 0.25) is 0 Å². The van der Waals surface area contributed by atoms with Crippen LogP contribution >= 0.6 is 0 Å². The van der Waals surface area contributed by atoms with Crippen LogP contribution in [0.5, 0.6) is 5.75 Å². The number of esters is 1. The van der Waals surface area contributed by atoms with Gasteiger partial charge in [0.15, 0.2) is 0 Å². The summed E-state index contributed by atoms with van der Waals surface area (Å²) in [6.45, 7) is 6.43. The molecule has 0 bridgehead atoms. The molecular formula is C21H25NO4. The first-order valence-electron chi connectivity index (χ1n) is 8.47. The van der Waals surface area contributed by atoms with Crippen molar-refractivity contribution in [2.45, 2.75) is 32.8 Å². The normalized spacial score (nSPS) is 10.9. The molecule has 0 heterocycles. The Bertz CT molecular complexity index is 760. The summed E-state index contributed by atoms with van der Waals surface area (Å²) in [6, 6.07) is 14.7. The van der Waals surface area contributed by atoms with E-state index in [4.69, 9.17) is 9.47 Å². The average Bonchev–Trinajstić information content (AvgIpc) is 2.64. The minimum Gasteiger partial charge on any atom is -0.497 e. The van der Waals surface area contributed by atoms with Gasteiger partial charge in [0.1, 0.15) is 18.9 Å². The molecule has 2 aromatic rings. The van der Waals surface area contributed by atoms with Crippen LogP contribution in [0.25, 0.3) is 0 Å². The van der Waals surface area contributed by atoms with Crippen LogP contribution in [-0.2, 0) is 21.6 Å². The predicted octanol–water partition coefficient (Wildman–Crippen LogP) is 3.47. The van der Waals surface area contributed by atoms with Gasteiger partial charge in [-0.05, 0) is 34.7 Å². The maximum atomic E-state index is 12.0. The summed E-state index contributed by atoms with van der Waals surface area (Å²) in [5.74, 6) is -0.254. The van der Waals surface area contributed by atoms with Gasteiger partial charge < -0.3 is 14.8 Å². The summed E-state index contributed by atoms with van der Waals surface area (Å²) in [5, 5.41) is 2.55. The topological polar surface area (TPSA) is 64.6 Å². The SMILES string of the molecule is COc1cccc(C(=O)NCC(=O)OCc2ccc(C(C)(C)C)cc2)c1. The highest BCUT2D eigenvalue weighted by Crippen LogP contribution is 2.22. The number of hydrogen-bond acceptors (Lipinski definition) is 4. The fraction of sp³-hybridized carbons (Fsp3) is 0.333. The Morgan fingerprint density at radius 3 is 2.35 bits per heavy atom. The highest BCUT2D eigenvalue weighted by Gasteiger charge is 2.13. The largest absolute Gasteiger partial charge is 0.497 e. The monoisotopic (exact) mass is 355 g/mol. The molecule has 2 rings (SSSR count). The fourth-order valence-corrected chi connectivity index (χ4v) is 2.33. The third-order valence-electron chi connectivity index (χ3n) is 3.94. The van der Waals surface area contributed by atoms with E-state index in [0.29, 0.717) is 11.3 Å². The van der Waals surface area contributed by atoms with E-state index in [9.17, 15) is 9.59 Å². The van der Waals surface area contributed by atoms with E-state index >= 15 is 0 Å². The van der Waals surface area contributed by atoms with Crippen molar-refractivity contribution in [2.24, 2.45) is 0 Å². The lowest BCUT2D eigenvalue weighted by molar-refractivity contribution is -0.143. The molecule has 5 heteroatoms. The number of amides is 1. The second kappa shape index (κ2) is 8.52. The lowest BCUT2D eigenvalue weighted by atomic mass is 9.87. The molecule has 1 N–H and O–H groups in total. The number of carbonyl (C=O) groups excluding carboxylic acids is 2. The average molecular weight is 355 g/mol. The standard InChI is InChI=1S/C21H25NO4/c1-21(2,3)17-10-8-15(9-11-17)14-26-19(23)13-22-20(24)16-6-5-7-18(12-16)25-4/h5-12H,13-14H2,1-4H3,(H,22,24). The zero-order valence-electron chi connectivity index (χ0n) is 15.7. The van der Waals surface area contributed by atoms with Crippen LogP contribution in [-0.4, -0.2) is 25.5 Å². The predicted molar refractivity (Wildman–Crippen MR) is 100 cm³/mol. The molecule has 5 nitrogen and oxygen atoms in total. The molecule has 0 aliphatic carbocycles. The highest BCUT2D eigenvalue weighted by atomic mass is 16.5.